The summed E-state index contributed by atoms with van der Waals surface area (Å²) in [6.07, 6.45) is -0.294. The summed E-state index contributed by atoms with van der Waals surface area (Å²) in [5, 5.41) is 2.86. The molecule has 3 N–H and O–H groups in total. The van der Waals surface area contributed by atoms with Crippen molar-refractivity contribution < 1.29 is 14.3 Å². The van der Waals surface area contributed by atoms with Crippen LogP contribution in [0.5, 0.6) is 0 Å². The van der Waals surface area contributed by atoms with E-state index in [1.54, 1.807) is 4.90 Å². The third kappa shape index (κ3) is 8.37. The van der Waals surface area contributed by atoms with Crippen LogP contribution in [0.2, 0.25) is 0 Å². The Morgan fingerprint density at radius 3 is 2.13 bits per heavy atom. The standard InChI is InChI=1S/C21H33N5O3.HI/c1-15(2)18(27)24-17-8-6-16(7-9-17)14-23-19(22)25-10-12-26(13-11-25)20(28)29-21(3,4)5;/h6-9,15H,10-14H2,1-5H3,(H2,22,23)(H,24,27);1H. The Bertz CT molecular complexity index is 736. The zero-order chi connectivity index (χ0) is 21.6. The topological polar surface area (TPSA) is 100 Å². The summed E-state index contributed by atoms with van der Waals surface area (Å²) in [4.78, 5) is 32.0. The van der Waals surface area contributed by atoms with E-state index >= 15 is 0 Å². The number of nitrogens with two attached hydrogens (primary N) is 1. The summed E-state index contributed by atoms with van der Waals surface area (Å²) >= 11 is 0. The first-order chi connectivity index (χ1) is 13.5. The van der Waals surface area contributed by atoms with Crippen molar-refractivity contribution in [3.05, 3.63) is 29.8 Å². The van der Waals surface area contributed by atoms with E-state index in [0.29, 0.717) is 38.7 Å². The Hall–Kier alpha value is -2.04. The van der Waals surface area contributed by atoms with Crippen LogP contribution in [0.1, 0.15) is 40.2 Å². The number of aliphatic imine (C=N–C) groups is 1. The largest absolute Gasteiger partial charge is 0.444 e. The van der Waals surface area contributed by atoms with Gasteiger partial charge in [0, 0.05) is 37.8 Å². The van der Waals surface area contributed by atoms with E-state index in [-0.39, 0.29) is 41.9 Å². The Labute approximate surface area is 196 Å². The molecule has 30 heavy (non-hydrogen) atoms. The first-order valence-corrected chi connectivity index (χ1v) is 9.98. The van der Waals surface area contributed by atoms with Gasteiger partial charge in [0.1, 0.15) is 5.60 Å². The lowest BCUT2D eigenvalue weighted by molar-refractivity contribution is -0.118. The van der Waals surface area contributed by atoms with Crippen molar-refractivity contribution in [2.75, 3.05) is 31.5 Å². The maximum atomic E-state index is 12.1. The summed E-state index contributed by atoms with van der Waals surface area (Å²) in [6, 6.07) is 7.57. The Morgan fingerprint density at radius 2 is 1.63 bits per heavy atom. The molecule has 1 saturated heterocycles. The van der Waals surface area contributed by atoms with E-state index in [0.717, 1.165) is 11.3 Å². The molecule has 1 aromatic rings. The van der Waals surface area contributed by atoms with E-state index in [1.165, 1.54) is 0 Å². The number of nitrogens with zero attached hydrogens (tertiary/aromatic N) is 3. The van der Waals surface area contributed by atoms with Crippen LogP contribution >= 0.6 is 24.0 Å². The lowest BCUT2D eigenvalue weighted by Gasteiger charge is -2.36. The van der Waals surface area contributed by atoms with Crippen LogP contribution in [0, 0.1) is 5.92 Å². The number of anilines is 1. The molecule has 1 heterocycles. The van der Waals surface area contributed by atoms with Gasteiger partial charge in [-0.2, -0.15) is 0 Å². The van der Waals surface area contributed by atoms with Crippen molar-refractivity contribution in [1.82, 2.24) is 9.80 Å². The molecule has 0 aliphatic carbocycles. The molecule has 1 aromatic carbocycles. The lowest BCUT2D eigenvalue weighted by atomic mass is 10.2. The molecule has 9 heteroatoms. The maximum absolute atomic E-state index is 12.1. The fraction of sp³-hybridized carbons (Fsp3) is 0.571. The number of ether oxygens (including phenoxy) is 1. The number of hydrogen-bond donors (Lipinski definition) is 2. The van der Waals surface area contributed by atoms with Gasteiger partial charge in [0.15, 0.2) is 5.96 Å². The second kappa shape index (κ2) is 11.4. The van der Waals surface area contributed by atoms with E-state index in [2.05, 4.69) is 10.3 Å². The van der Waals surface area contributed by atoms with E-state index < -0.39 is 5.60 Å². The summed E-state index contributed by atoms with van der Waals surface area (Å²) in [7, 11) is 0. The highest BCUT2D eigenvalue weighted by Gasteiger charge is 2.26. The van der Waals surface area contributed by atoms with Gasteiger partial charge in [0.25, 0.3) is 0 Å². The molecule has 0 saturated carbocycles. The zero-order valence-electron chi connectivity index (χ0n) is 18.5. The third-order valence-corrected chi connectivity index (χ3v) is 4.42. The highest BCUT2D eigenvalue weighted by molar-refractivity contribution is 14.0. The predicted molar refractivity (Wildman–Crippen MR) is 130 cm³/mol. The number of guanidine groups is 1. The number of carbonyl (C=O) groups excluding carboxylic acids is 2. The average molecular weight is 531 g/mol. The fourth-order valence-corrected chi connectivity index (χ4v) is 2.70. The minimum Gasteiger partial charge on any atom is -0.444 e. The van der Waals surface area contributed by atoms with Gasteiger partial charge in [-0.1, -0.05) is 26.0 Å². The summed E-state index contributed by atoms with van der Waals surface area (Å²) < 4.78 is 5.41. The second-order valence-corrected chi connectivity index (χ2v) is 8.47. The first-order valence-electron chi connectivity index (χ1n) is 9.98. The Kier molecular flexibility index (Phi) is 9.86. The molecule has 1 fully saturated rings. The van der Waals surface area contributed by atoms with E-state index in [9.17, 15) is 9.59 Å². The number of benzene rings is 1. The van der Waals surface area contributed by atoms with Crippen LogP contribution in [0.4, 0.5) is 10.5 Å². The quantitative estimate of drug-likeness (QED) is 0.353. The SMILES string of the molecule is CC(C)C(=O)Nc1ccc(CN=C(N)N2CCN(C(=O)OC(C)(C)C)CC2)cc1.I. The molecule has 0 aromatic heterocycles. The monoisotopic (exact) mass is 531 g/mol. The molecule has 0 atom stereocenters. The average Bonchev–Trinajstić information content (AvgIpc) is 2.66. The second-order valence-electron chi connectivity index (χ2n) is 8.47. The summed E-state index contributed by atoms with van der Waals surface area (Å²) in [6.45, 7) is 12.1. The van der Waals surface area contributed by atoms with E-state index in [4.69, 9.17) is 10.5 Å². The normalized spacial score (nSPS) is 14.9. The van der Waals surface area contributed by atoms with Crippen LogP contribution in [0.3, 0.4) is 0 Å². The van der Waals surface area contributed by atoms with Crippen LogP contribution in [0.25, 0.3) is 0 Å². The van der Waals surface area contributed by atoms with Gasteiger partial charge in [-0.3, -0.25) is 4.79 Å². The molecule has 1 aliphatic rings. The van der Waals surface area contributed by atoms with Gasteiger partial charge in [0.05, 0.1) is 6.54 Å². The highest BCUT2D eigenvalue weighted by Crippen LogP contribution is 2.13. The number of amides is 2. The molecular formula is C21H34IN5O3. The molecule has 8 nitrogen and oxygen atoms in total. The number of carbonyl (C=O) groups is 2. The summed E-state index contributed by atoms with van der Waals surface area (Å²) in [5.41, 5.74) is 7.40. The molecular weight excluding hydrogens is 497 g/mol. The number of nitrogens with one attached hydrogen (secondary N) is 1. The Morgan fingerprint density at radius 1 is 1.10 bits per heavy atom. The molecule has 0 bridgehead atoms. The van der Waals surface area contributed by atoms with Crippen LogP contribution in [-0.2, 0) is 16.1 Å². The first kappa shape index (κ1) is 26.0. The molecule has 168 valence electrons. The predicted octanol–water partition coefficient (Wildman–Crippen LogP) is 3.27. The van der Waals surface area contributed by atoms with Gasteiger partial charge in [-0.25, -0.2) is 9.79 Å². The minimum absolute atomic E-state index is 0. The van der Waals surface area contributed by atoms with Crippen LogP contribution in [-0.4, -0.2) is 59.5 Å². The van der Waals surface area contributed by atoms with Crippen molar-refractivity contribution in [2.45, 2.75) is 46.8 Å². The smallest absolute Gasteiger partial charge is 0.410 e. The van der Waals surface area contributed by atoms with Crippen molar-refractivity contribution in [3.63, 3.8) is 0 Å². The van der Waals surface area contributed by atoms with Gasteiger partial charge >= 0.3 is 6.09 Å². The number of halogens is 1. The highest BCUT2D eigenvalue weighted by atomic mass is 127. The van der Waals surface area contributed by atoms with Gasteiger partial charge in [0.2, 0.25) is 5.91 Å². The Balaban J connectivity index is 0.00000450. The van der Waals surface area contributed by atoms with Gasteiger partial charge in [-0.05, 0) is 38.5 Å². The fourth-order valence-electron chi connectivity index (χ4n) is 2.70. The summed E-state index contributed by atoms with van der Waals surface area (Å²) in [5.74, 6) is 0.395. The molecule has 0 spiro atoms. The number of piperazine rings is 1. The lowest BCUT2D eigenvalue weighted by Crippen LogP contribution is -2.53. The van der Waals surface area contributed by atoms with Gasteiger partial charge < -0.3 is 25.6 Å². The maximum Gasteiger partial charge on any atom is 0.410 e. The van der Waals surface area contributed by atoms with Crippen molar-refractivity contribution in [3.8, 4) is 0 Å². The molecule has 1 aliphatic heterocycles. The molecule has 2 rings (SSSR count). The number of rotatable bonds is 4. The van der Waals surface area contributed by atoms with Crippen molar-refractivity contribution in [1.29, 1.82) is 0 Å². The van der Waals surface area contributed by atoms with Gasteiger partial charge in [-0.15, -0.1) is 24.0 Å². The van der Waals surface area contributed by atoms with Crippen LogP contribution in [0.15, 0.2) is 29.3 Å². The zero-order valence-corrected chi connectivity index (χ0v) is 20.8. The third-order valence-electron chi connectivity index (χ3n) is 4.42. The van der Waals surface area contributed by atoms with Crippen LogP contribution < -0.4 is 11.1 Å². The molecule has 0 unspecified atom stereocenters. The van der Waals surface area contributed by atoms with Crippen molar-refractivity contribution >= 4 is 47.6 Å². The molecule has 0 radical (unpaired) electrons. The van der Waals surface area contributed by atoms with Crippen molar-refractivity contribution in [2.24, 2.45) is 16.6 Å². The number of hydrogen-bond acceptors (Lipinski definition) is 4. The van der Waals surface area contributed by atoms with E-state index in [1.807, 2.05) is 63.8 Å². The molecule has 2 amide bonds. The minimum atomic E-state index is -0.498.